The van der Waals surface area contributed by atoms with Gasteiger partial charge in [-0.15, -0.1) is 22.7 Å². The van der Waals surface area contributed by atoms with Crippen LogP contribution in [0.1, 0.15) is 27.3 Å². The summed E-state index contributed by atoms with van der Waals surface area (Å²) in [4.78, 5) is 12.3. The van der Waals surface area contributed by atoms with Crippen molar-refractivity contribution < 1.29 is 0 Å². The molecule has 0 saturated carbocycles. The van der Waals surface area contributed by atoms with Crippen molar-refractivity contribution in [3.8, 4) is 0 Å². The summed E-state index contributed by atoms with van der Waals surface area (Å²) in [6, 6.07) is 21.4. The van der Waals surface area contributed by atoms with Crippen molar-refractivity contribution in [2.75, 3.05) is 7.05 Å². The second-order valence-electron chi connectivity index (χ2n) is 10.0. The van der Waals surface area contributed by atoms with Crippen molar-refractivity contribution in [3.05, 3.63) is 142 Å². The maximum Gasteiger partial charge on any atom is 0.108 e. The Morgan fingerprint density at radius 1 is 0.750 bits per heavy atom. The summed E-state index contributed by atoms with van der Waals surface area (Å²) >= 11 is 3.50. The van der Waals surface area contributed by atoms with Crippen LogP contribution >= 0.6 is 22.7 Å². The SMILES string of the molecule is CN1C=CC(C=Cc2ccc(C=CC(c3nc4ccccc4s3)c3nc4ccccc4s3)n2C)=C2C=CC=CC21. The molecule has 0 saturated heterocycles. The summed E-state index contributed by atoms with van der Waals surface area (Å²) in [5.41, 5.74) is 6.95. The van der Waals surface area contributed by atoms with E-state index in [1.54, 1.807) is 22.7 Å². The van der Waals surface area contributed by atoms with Crippen molar-refractivity contribution in [3.63, 3.8) is 0 Å². The lowest BCUT2D eigenvalue weighted by atomic mass is 9.92. The van der Waals surface area contributed by atoms with Crippen LogP contribution in [0, 0.1) is 0 Å². The highest BCUT2D eigenvalue weighted by Crippen LogP contribution is 2.37. The molecule has 2 aliphatic rings. The van der Waals surface area contributed by atoms with E-state index in [2.05, 4.69) is 133 Å². The molecule has 0 bridgehead atoms. The highest BCUT2D eigenvalue weighted by atomic mass is 32.1. The Hall–Kier alpha value is -4.26. The molecular weight excluding hydrogens is 529 g/mol. The number of para-hydroxylation sites is 2. The monoisotopic (exact) mass is 556 g/mol. The van der Waals surface area contributed by atoms with E-state index in [0.29, 0.717) is 6.04 Å². The van der Waals surface area contributed by atoms with E-state index in [0.717, 1.165) is 32.4 Å². The molecule has 1 unspecified atom stereocenters. The number of allylic oxidation sites excluding steroid dienone is 6. The average Bonchev–Trinajstić information content (AvgIpc) is 3.70. The van der Waals surface area contributed by atoms with Gasteiger partial charge in [0.2, 0.25) is 0 Å². The lowest BCUT2D eigenvalue weighted by Gasteiger charge is -2.31. The molecule has 40 heavy (non-hydrogen) atoms. The third-order valence-electron chi connectivity index (χ3n) is 7.51. The Kier molecular flexibility index (Phi) is 6.42. The van der Waals surface area contributed by atoms with Crippen LogP contribution in [0.15, 0.2) is 121 Å². The fourth-order valence-corrected chi connectivity index (χ4v) is 7.43. The fourth-order valence-electron chi connectivity index (χ4n) is 5.26. The first-order chi connectivity index (χ1) is 19.6. The molecule has 4 nitrogen and oxygen atoms in total. The molecule has 2 aromatic carbocycles. The van der Waals surface area contributed by atoms with Gasteiger partial charge in [-0.1, -0.05) is 60.7 Å². The zero-order valence-electron chi connectivity index (χ0n) is 22.3. The minimum absolute atomic E-state index is 0.0110. The Morgan fingerprint density at radius 2 is 1.40 bits per heavy atom. The number of fused-ring (bicyclic) bond motifs is 3. The van der Waals surface area contributed by atoms with E-state index in [-0.39, 0.29) is 5.92 Å². The van der Waals surface area contributed by atoms with Crippen LogP contribution in [-0.4, -0.2) is 32.5 Å². The number of nitrogens with zero attached hydrogens (tertiary/aromatic N) is 4. The maximum absolute atomic E-state index is 5.01. The predicted octanol–water partition coefficient (Wildman–Crippen LogP) is 8.35. The molecule has 1 aliphatic carbocycles. The average molecular weight is 557 g/mol. The fraction of sp³-hybridized carbons (Fsp3) is 0.118. The molecule has 0 fully saturated rings. The molecule has 5 aromatic rings. The van der Waals surface area contributed by atoms with E-state index >= 15 is 0 Å². The van der Waals surface area contributed by atoms with Gasteiger partial charge in [0.25, 0.3) is 0 Å². The molecule has 0 amide bonds. The molecule has 1 aliphatic heterocycles. The van der Waals surface area contributed by atoms with Gasteiger partial charge >= 0.3 is 0 Å². The first-order valence-electron chi connectivity index (χ1n) is 13.4. The van der Waals surface area contributed by atoms with Crippen LogP contribution in [0.25, 0.3) is 32.6 Å². The standard InChI is InChI=1S/C34H28N4S2/c1-37-22-21-23(26-9-3-6-12-30(26)37)15-16-24-17-18-25(38(24)2)19-20-27(33-35-28-10-4-7-13-31(28)39-33)34-36-29-11-5-8-14-32(29)40-34/h3-22,27,30H,1-2H3. The van der Waals surface area contributed by atoms with Gasteiger partial charge in [0.15, 0.2) is 0 Å². The van der Waals surface area contributed by atoms with E-state index in [1.165, 1.54) is 20.5 Å². The van der Waals surface area contributed by atoms with Crippen LogP contribution < -0.4 is 0 Å². The number of thiazole rings is 2. The summed E-state index contributed by atoms with van der Waals surface area (Å²) in [5.74, 6) is -0.0110. The number of aromatic nitrogens is 3. The van der Waals surface area contributed by atoms with Crippen molar-refractivity contribution in [2.24, 2.45) is 7.05 Å². The topological polar surface area (TPSA) is 34.0 Å². The summed E-state index contributed by atoms with van der Waals surface area (Å²) < 4.78 is 4.64. The summed E-state index contributed by atoms with van der Waals surface area (Å²) in [7, 11) is 4.25. The Morgan fingerprint density at radius 3 is 2.08 bits per heavy atom. The first-order valence-corrected chi connectivity index (χ1v) is 15.0. The normalized spacial score (nSPS) is 17.1. The molecule has 4 heterocycles. The zero-order valence-corrected chi connectivity index (χ0v) is 23.9. The van der Waals surface area contributed by atoms with Gasteiger partial charge in [-0.05, 0) is 65.8 Å². The molecule has 6 heteroatoms. The third kappa shape index (κ3) is 4.59. The van der Waals surface area contributed by atoms with Crippen LogP contribution in [0.4, 0.5) is 0 Å². The van der Waals surface area contributed by atoms with Crippen molar-refractivity contribution in [2.45, 2.75) is 12.0 Å². The van der Waals surface area contributed by atoms with Gasteiger partial charge in [-0.3, -0.25) is 0 Å². The lowest BCUT2D eigenvalue weighted by molar-refractivity contribution is 0.420. The molecule has 3 aromatic heterocycles. The quantitative estimate of drug-likeness (QED) is 0.211. The molecule has 0 N–H and O–H groups in total. The number of rotatable bonds is 6. The van der Waals surface area contributed by atoms with Gasteiger partial charge in [0, 0.05) is 31.7 Å². The molecule has 0 radical (unpaired) electrons. The van der Waals surface area contributed by atoms with Gasteiger partial charge in [0.1, 0.15) is 10.0 Å². The summed E-state index contributed by atoms with van der Waals surface area (Å²) in [6.07, 6.45) is 21.9. The number of likely N-dealkylation sites (N-methyl/N-ethyl adjacent to an activating group) is 1. The van der Waals surface area contributed by atoms with Crippen molar-refractivity contribution >= 4 is 55.3 Å². The lowest BCUT2D eigenvalue weighted by Crippen LogP contribution is -2.30. The van der Waals surface area contributed by atoms with Gasteiger partial charge in [-0.25, -0.2) is 9.97 Å². The van der Waals surface area contributed by atoms with Crippen molar-refractivity contribution in [1.82, 2.24) is 19.4 Å². The Bertz CT molecular complexity index is 1770. The van der Waals surface area contributed by atoms with E-state index in [4.69, 9.17) is 9.97 Å². The summed E-state index contributed by atoms with van der Waals surface area (Å²) in [6.45, 7) is 0. The number of benzene rings is 2. The van der Waals surface area contributed by atoms with E-state index in [9.17, 15) is 0 Å². The Balaban J connectivity index is 1.21. The van der Waals surface area contributed by atoms with Crippen LogP contribution in [0.2, 0.25) is 0 Å². The second-order valence-corrected chi connectivity index (χ2v) is 12.2. The number of hydrogen-bond acceptors (Lipinski definition) is 5. The van der Waals surface area contributed by atoms with Gasteiger partial charge < -0.3 is 9.47 Å². The van der Waals surface area contributed by atoms with Gasteiger partial charge in [-0.2, -0.15) is 0 Å². The number of hydrogen-bond donors (Lipinski definition) is 0. The molecule has 0 spiro atoms. The van der Waals surface area contributed by atoms with Crippen LogP contribution in [-0.2, 0) is 7.05 Å². The largest absolute Gasteiger partial charge is 0.370 e. The second kappa shape index (κ2) is 10.4. The third-order valence-corrected chi connectivity index (χ3v) is 9.74. The highest BCUT2D eigenvalue weighted by molar-refractivity contribution is 7.20. The minimum atomic E-state index is -0.0110. The molecule has 1 atom stereocenters. The van der Waals surface area contributed by atoms with Crippen molar-refractivity contribution in [1.29, 1.82) is 0 Å². The summed E-state index contributed by atoms with van der Waals surface area (Å²) in [5, 5.41) is 2.13. The first kappa shape index (κ1) is 24.8. The van der Waals surface area contributed by atoms with E-state index in [1.807, 2.05) is 12.1 Å². The van der Waals surface area contributed by atoms with Crippen LogP contribution in [0.5, 0.6) is 0 Å². The zero-order chi connectivity index (χ0) is 27.1. The van der Waals surface area contributed by atoms with Gasteiger partial charge in [0.05, 0.1) is 32.4 Å². The molecule has 196 valence electrons. The predicted molar refractivity (Wildman–Crippen MR) is 171 cm³/mol. The minimum Gasteiger partial charge on any atom is -0.370 e. The smallest absolute Gasteiger partial charge is 0.108 e. The maximum atomic E-state index is 5.01. The van der Waals surface area contributed by atoms with E-state index < -0.39 is 0 Å². The molecule has 7 rings (SSSR count). The molecular formula is C34H28N4S2. The Labute approximate surface area is 241 Å². The van der Waals surface area contributed by atoms with Crippen LogP contribution in [0.3, 0.4) is 0 Å². The highest BCUT2D eigenvalue weighted by Gasteiger charge is 2.21.